The Morgan fingerprint density at radius 3 is 2.38 bits per heavy atom. The first-order chi connectivity index (χ1) is 7.63. The lowest BCUT2D eigenvalue weighted by Gasteiger charge is -2.38. The van der Waals surface area contributed by atoms with Crippen molar-refractivity contribution < 1.29 is 4.79 Å². The van der Waals surface area contributed by atoms with Crippen molar-refractivity contribution in [1.82, 2.24) is 10.2 Å². The van der Waals surface area contributed by atoms with Gasteiger partial charge in [-0.05, 0) is 38.8 Å². The summed E-state index contributed by atoms with van der Waals surface area (Å²) in [5.41, 5.74) is -0.109. The summed E-state index contributed by atoms with van der Waals surface area (Å²) in [5.74, 6) is 0.376. The molecule has 1 amide bonds. The largest absolute Gasteiger partial charge is 0.342 e. The van der Waals surface area contributed by atoms with Gasteiger partial charge in [-0.3, -0.25) is 4.79 Å². The van der Waals surface area contributed by atoms with Gasteiger partial charge in [-0.1, -0.05) is 19.8 Å². The molecule has 1 heterocycles. The number of nitrogens with zero attached hydrogens (tertiary/aromatic N) is 1. The van der Waals surface area contributed by atoms with Crippen LogP contribution in [-0.2, 0) is 4.79 Å². The van der Waals surface area contributed by atoms with Crippen molar-refractivity contribution in [2.75, 3.05) is 20.1 Å². The van der Waals surface area contributed by atoms with Crippen molar-refractivity contribution in [3.8, 4) is 0 Å². The van der Waals surface area contributed by atoms with Crippen molar-refractivity contribution in [3.63, 3.8) is 0 Å². The van der Waals surface area contributed by atoms with Gasteiger partial charge < -0.3 is 10.2 Å². The van der Waals surface area contributed by atoms with Gasteiger partial charge in [0.05, 0.1) is 0 Å². The molecule has 3 nitrogen and oxygen atoms in total. The van der Waals surface area contributed by atoms with Gasteiger partial charge in [-0.2, -0.15) is 0 Å². The second kappa shape index (κ2) is 4.74. The summed E-state index contributed by atoms with van der Waals surface area (Å²) < 4.78 is 0. The average Bonchev–Trinajstić information content (AvgIpc) is 2.81. The molecule has 1 saturated heterocycles. The molecular formula is C13H24N2O. The third kappa shape index (κ3) is 2.24. The van der Waals surface area contributed by atoms with Gasteiger partial charge in [-0.25, -0.2) is 0 Å². The van der Waals surface area contributed by atoms with E-state index in [1.165, 1.54) is 25.7 Å². The van der Waals surface area contributed by atoms with E-state index in [4.69, 9.17) is 0 Å². The molecule has 2 fully saturated rings. The number of carbonyl (C=O) groups excluding carboxylic acids is 1. The predicted octanol–water partition coefficient (Wildman–Crippen LogP) is 1.78. The highest BCUT2D eigenvalue weighted by Crippen LogP contribution is 2.33. The van der Waals surface area contributed by atoms with Gasteiger partial charge in [0.1, 0.15) is 0 Å². The standard InChI is InChI=1S/C13H24N2O/c1-13(7-9-14-10-8-13)12(16)15(2)11-5-3-4-6-11/h11,14H,3-10H2,1-2H3. The van der Waals surface area contributed by atoms with Gasteiger partial charge in [-0.15, -0.1) is 0 Å². The number of carbonyl (C=O) groups is 1. The Morgan fingerprint density at radius 2 is 1.81 bits per heavy atom. The number of nitrogens with one attached hydrogen (secondary N) is 1. The van der Waals surface area contributed by atoms with Crippen molar-refractivity contribution >= 4 is 5.91 Å². The molecule has 0 spiro atoms. The maximum absolute atomic E-state index is 12.5. The molecule has 0 radical (unpaired) electrons. The predicted molar refractivity (Wildman–Crippen MR) is 65.2 cm³/mol. The van der Waals surface area contributed by atoms with Crippen LogP contribution in [0.15, 0.2) is 0 Å². The molecular weight excluding hydrogens is 200 g/mol. The summed E-state index contributed by atoms with van der Waals surface area (Å²) in [5, 5.41) is 3.33. The molecule has 1 aliphatic carbocycles. The van der Waals surface area contributed by atoms with E-state index in [1.807, 2.05) is 11.9 Å². The van der Waals surface area contributed by atoms with Crippen molar-refractivity contribution in [2.45, 2.75) is 51.5 Å². The van der Waals surface area contributed by atoms with Crippen LogP contribution in [0.25, 0.3) is 0 Å². The van der Waals surface area contributed by atoms with Gasteiger partial charge in [0, 0.05) is 18.5 Å². The summed E-state index contributed by atoms with van der Waals surface area (Å²) in [6, 6.07) is 0.513. The van der Waals surface area contributed by atoms with Gasteiger partial charge >= 0.3 is 0 Å². The van der Waals surface area contributed by atoms with Crippen LogP contribution >= 0.6 is 0 Å². The number of hydrogen-bond donors (Lipinski definition) is 1. The summed E-state index contributed by atoms with van der Waals surface area (Å²) in [4.78, 5) is 14.5. The molecule has 0 bridgehead atoms. The van der Waals surface area contributed by atoms with E-state index in [-0.39, 0.29) is 5.41 Å². The minimum Gasteiger partial charge on any atom is -0.342 e. The first-order valence-electron chi connectivity index (χ1n) is 6.61. The fraction of sp³-hybridized carbons (Fsp3) is 0.923. The zero-order chi connectivity index (χ0) is 11.6. The highest BCUT2D eigenvalue weighted by molar-refractivity contribution is 5.82. The fourth-order valence-corrected chi connectivity index (χ4v) is 3.08. The van der Waals surface area contributed by atoms with E-state index in [1.54, 1.807) is 0 Å². The first kappa shape index (κ1) is 11.9. The Labute approximate surface area is 98.6 Å². The van der Waals surface area contributed by atoms with E-state index in [0.29, 0.717) is 11.9 Å². The normalized spacial score (nSPS) is 25.6. The topological polar surface area (TPSA) is 32.3 Å². The van der Waals surface area contributed by atoms with Crippen molar-refractivity contribution in [1.29, 1.82) is 0 Å². The van der Waals surface area contributed by atoms with Crippen LogP contribution in [0, 0.1) is 5.41 Å². The van der Waals surface area contributed by atoms with Crippen molar-refractivity contribution in [2.24, 2.45) is 5.41 Å². The van der Waals surface area contributed by atoms with Crippen LogP contribution in [0.1, 0.15) is 45.4 Å². The molecule has 2 aliphatic rings. The zero-order valence-electron chi connectivity index (χ0n) is 10.6. The number of hydrogen-bond acceptors (Lipinski definition) is 2. The molecule has 92 valence electrons. The minimum atomic E-state index is -0.109. The Bertz CT molecular complexity index is 253. The second-order valence-corrected chi connectivity index (χ2v) is 5.66. The van der Waals surface area contributed by atoms with E-state index in [9.17, 15) is 4.79 Å². The third-order valence-electron chi connectivity index (χ3n) is 4.42. The SMILES string of the molecule is CN(C(=O)C1(C)CCNCC1)C1CCCC1. The molecule has 3 heteroatoms. The molecule has 1 N–H and O–H groups in total. The molecule has 0 atom stereocenters. The quantitative estimate of drug-likeness (QED) is 0.775. The molecule has 0 unspecified atom stereocenters. The number of piperidine rings is 1. The van der Waals surface area contributed by atoms with Crippen LogP contribution in [0.3, 0.4) is 0 Å². The van der Waals surface area contributed by atoms with E-state index in [2.05, 4.69) is 12.2 Å². The maximum Gasteiger partial charge on any atom is 0.228 e. The maximum atomic E-state index is 12.5. The lowest BCUT2D eigenvalue weighted by atomic mass is 9.79. The van der Waals surface area contributed by atoms with Gasteiger partial charge in [0.2, 0.25) is 5.91 Å². The first-order valence-corrected chi connectivity index (χ1v) is 6.61. The Hall–Kier alpha value is -0.570. The van der Waals surface area contributed by atoms with E-state index >= 15 is 0 Å². The lowest BCUT2D eigenvalue weighted by Crippen LogP contribution is -2.49. The summed E-state index contributed by atoms with van der Waals surface area (Å²) in [6.07, 6.45) is 6.97. The van der Waals surface area contributed by atoms with Gasteiger partial charge in [0.15, 0.2) is 0 Å². The number of amides is 1. The minimum absolute atomic E-state index is 0.109. The van der Waals surface area contributed by atoms with Crippen LogP contribution in [0.4, 0.5) is 0 Å². The van der Waals surface area contributed by atoms with Crippen LogP contribution in [0.2, 0.25) is 0 Å². The number of rotatable bonds is 2. The molecule has 2 rings (SSSR count). The van der Waals surface area contributed by atoms with Crippen LogP contribution in [-0.4, -0.2) is 37.0 Å². The van der Waals surface area contributed by atoms with E-state index in [0.717, 1.165) is 25.9 Å². The van der Waals surface area contributed by atoms with E-state index < -0.39 is 0 Å². The Kier molecular flexibility index (Phi) is 3.53. The highest BCUT2D eigenvalue weighted by Gasteiger charge is 2.38. The van der Waals surface area contributed by atoms with Gasteiger partial charge in [0.25, 0.3) is 0 Å². The Morgan fingerprint density at radius 1 is 1.25 bits per heavy atom. The Balaban J connectivity index is 1.99. The zero-order valence-corrected chi connectivity index (χ0v) is 10.6. The molecule has 16 heavy (non-hydrogen) atoms. The third-order valence-corrected chi connectivity index (χ3v) is 4.42. The smallest absolute Gasteiger partial charge is 0.228 e. The fourth-order valence-electron chi connectivity index (χ4n) is 3.08. The summed E-state index contributed by atoms with van der Waals surface area (Å²) in [7, 11) is 2.01. The lowest BCUT2D eigenvalue weighted by molar-refractivity contribution is -0.143. The monoisotopic (exact) mass is 224 g/mol. The molecule has 0 aromatic carbocycles. The summed E-state index contributed by atoms with van der Waals surface area (Å²) >= 11 is 0. The second-order valence-electron chi connectivity index (χ2n) is 5.66. The van der Waals surface area contributed by atoms with Crippen LogP contribution < -0.4 is 5.32 Å². The molecule has 1 aliphatic heterocycles. The van der Waals surface area contributed by atoms with Crippen LogP contribution in [0.5, 0.6) is 0 Å². The average molecular weight is 224 g/mol. The molecule has 1 saturated carbocycles. The summed E-state index contributed by atoms with van der Waals surface area (Å²) in [6.45, 7) is 4.11. The molecule has 0 aromatic heterocycles. The molecule has 0 aromatic rings. The highest BCUT2D eigenvalue weighted by atomic mass is 16.2. The van der Waals surface area contributed by atoms with Crippen molar-refractivity contribution in [3.05, 3.63) is 0 Å².